The molecular formula is C12H16FNO. The van der Waals surface area contributed by atoms with Crippen molar-refractivity contribution in [1.29, 1.82) is 0 Å². The second-order valence-electron chi connectivity index (χ2n) is 4.03. The van der Waals surface area contributed by atoms with Gasteiger partial charge in [-0.1, -0.05) is 12.1 Å². The lowest BCUT2D eigenvalue weighted by atomic mass is 9.88. The Labute approximate surface area is 89.2 Å². The van der Waals surface area contributed by atoms with E-state index in [9.17, 15) is 4.39 Å². The predicted octanol–water partition coefficient (Wildman–Crippen LogP) is 2.25. The van der Waals surface area contributed by atoms with Gasteiger partial charge in [-0.25, -0.2) is 4.39 Å². The summed E-state index contributed by atoms with van der Waals surface area (Å²) in [6.45, 7) is 1.58. The van der Waals surface area contributed by atoms with Gasteiger partial charge in [-0.15, -0.1) is 0 Å². The van der Waals surface area contributed by atoms with E-state index >= 15 is 0 Å². The quantitative estimate of drug-likeness (QED) is 0.810. The Morgan fingerprint density at radius 1 is 1.20 bits per heavy atom. The van der Waals surface area contributed by atoms with Crippen molar-refractivity contribution >= 4 is 0 Å². The third-order valence-electron chi connectivity index (χ3n) is 3.03. The minimum atomic E-state index is -0.210. The van der Waals surface area contributed by atoms with Gasteiger partial charge in [0.15, 0.2) is 0 Å². The fourth-order valence-electron chi connectivity index (χ4n) is 2.03. The summed E-state index contributed by atoms with van der Waals surface area (Å²) in [5.74, 6) is 0.252. The van der Waals surface area contributed by atoms with Crippen LogP contribution in [0, 0.1) is 11.7 Å². The van der Waals surface area contributed by atoms with E-state index in [0.29, 0.717) is 5.92 Å². The topological polar surface area (TPSA) is 35.2 Å². The van der Waals surface area contributed by atoms with Gasteiger partial charge in [-0.05, 0) is 36.5 Å². The molecule has 0 bridgehead atoms. The summed E-state index contributed by atoms with van der Waals surface area (Å²) in [5.41, 5.74) is 7.16. The summed E-state index contributed by atoms with van der Waals surface area (Å²) in [7, 11) is 0. The molecule has 2 N–H and O–H groups in total. The van der Waals surface area contributed by atoms with E-state index in [1.807, 2.05) is 0 Å². The van der Waals surface area contributed by atoms with Gasteiger partial charge in [-0.3, -0.25) is 0 Å². The Morgan fingerprint density at radius 2 is 1.80 bits per heavy atom. The summed E-state index contributed by atoms with van der Waals surface area (Å²) in [4.78, 5) is 0. The van der Waals surface area contributed by atoms with Crippen molar-refractivity contribution in [3.05, 3.63) is 35.6 Å². The van der Waals surface area contributed by atoms with Gasteiger partial charge in [0.05, 0.1) is 0 Å². The number of nitrogens with two attached hydrogens (primary N) is 1. The molecule has 2 nitrogen and oxygen atoms in total. The molecule has 2 rings (SSSR count). The highest BCUT2D eigenvalue weighted by atomic mass is 19.1. The van der Waals surface area contributed by atoms with E-state index in [0.717, 1.165) is 31.6 Å². The summed E-state index contributed by atoms with van der Waals surface area (Å²) in [6.07, 6.45) is 2.00. The van der Waals surface area contributed by atoms with Crippen LogP contribution >= 0.6 is 0 Å². The van der Waals surface area contributed by atoms with Crippen LogP contribution in [-0.4, -0.2) is 13.2 Å². The highest BCUT2D eigenvalue weighted by molar-refractivity contribution is 5.20. The maximum Gasteiger partial charge on any atom is 0.123 e. The zero-order valence-corrected chi connectivity index (χ0v) is 8.66. The molecule has 0 unspecified atom stereocenters. The van der Waals surface area contributed by atoms with E-state index in [1.165, 1.54) is 12.1 Å². The first-order chi connectivity index (χ1) is 7.27. The van der Waals surface area contributed by atoms with E-state index in [4.69, 9.17) is 10.5 Å². The summed E-state index contributed by atoms with van der Waals surface area (Å²) >= 11 is 0. The van der Waals surface area contributed by atoms with Crippen molar-refractivity contribution < 1.29 is 9.13 Å². The van der Waals surface area contributed by atoms with Crippen LogP contribution in [0.25, 0.3) is 0 Å². The second kappa shape index (κ2) is 4.73. The molecule has 0 radical (unpaired) electrons. The molecule has 1 aromatic rings. The van der Waals surface area contributed by atoms with Crippen molar-refractivity contribution in [2.24, 2.45) is 11.7 Å². The molecule has 82 valence electrons. The molecule has 1 atom stereocenters. The number of halogens is 1. The normalized spacial score (nSPS) is 20.1. The number of rotatable bonds is 2. The average molecular weight is 209 g/mol. The van der Waals surface area contributed by atoms with Gasteiger partial charge in [0, 0.05) is 19.3 Å². The molecule has 1 aliphatic heterocycles. The maximum atomic E-state index is 12.7. The Kier molecular flexibility index (Phi) is 3.34. The van der Waals surface area contributed by atoms with E-state index in [2.05, 4.69) is 0 Å². The van der Waals surface area contributed by atoms with Gasteiger partial charge in [0.1, 0.15) is 5.82 Å². The Balaban J connectivity index is 2.05. The Morgan fingerprint density at radius 3 is 2.40 bits per heavy atom. The molecule has 0 spiro atoms. The molecule has 15 heavy (non-hydrogen) atoms. The molecular weight excluding hydrogens is 193 g/mol. The lowest BCUT2D eigenvalue weighted by Crippen LogP contribution is -2.27. The minimum Gasteiger partial charge on any atom is -0.381 e. The van der Waals surface area contributed by atoms with Crippen LogP contribution in [0.5, 0.6) is 0 Å². The zero-order chi connectivity index (χ0) is 10.7. The molecule has 1 fully saturated rings. The summed E-state index contributed by atoms with van der Waals surface area (Å²) < 4.78 is 18.0. The fraction of sp³-hybridized carbons (Fsp3) is 0.500. The highest BCUT2D eigenvalue weighted by Gasteiger charge is 2.21. The zero-order valence-electron chi connectivity index (χ0n) is 8.66. The summed E-state index contributed by atoms with van der Waals surface area (Å²) in [5, 5.41) is 0. The van der Waals surface area contributed by atoms with Crippen molar-refractivity contribution in [2.45, 2.75) is 18.9 Å². The van der Waals surface area contributed by atoms with Crippen LogP contribution in [0.1, 0.15) is 24.4 Å². The molecule has 1 aromatic carbocycles. The third kappa shape index (κ3) is 2.55. The second-order valence-corrected chi connectivity index (χ2v) is 4.03. The number of hydrogen-bond donors (Lipinski definition) is 1. The van der Waals surface area contributed by atoms with E-state index in [1.54, 1.807) is 12.1 Å². The summed E-state index contributed by atoms with van der Waals surface area (Å²) in [6, 6.07) is 6.49. The lowest BCUT2D eigenvalue weighted by Gasteiger charge is -2.27. The first-order valence-corrected chi connectivity index (χ1v) is 5.36. The monoisotopic (exact) mass is 209 g/mol. The van der Waals surface area contributed by atoms with E-state index < -0.39 is 0 Å². The molecule has 0 saturated carbocycles. The molecule has 0 aromatic heterocycles. The predicted molar refractivity (Wildman–Crippen MR) is 56.9 cm³/mol. The van der Waals surface area contributed by atoms with Gasteiger partial charge in [0.25, 0.3) is 0 Å². The fourth-order valence-corrected chi connectivity index (χ4v) is 2.03. The van der Waals surface area contributed by atoms with Crippen molar-refractivity contribution in [3.8, 4) is 0 Å². The number of benzene rings is 1. The van der Waals surface area contributed by atoms with Crippen LogP contribution in [-0.2, 0) is 4.74 Å². The number of ether oxygens (including phenoxy) is 1. The van der Waals surface area contributed by atoms with Gasteiger partial charge >= 0.3 is 0 Å². The maximum absolute atomic E-state index is 12.7. The molecule has 1 heterocycles. The third-order valence-corrected chi connectivity index (χ3v) is 3.03. The van der Waals surface area contributed by atoms with Crippen LogP contribution in [0.15, 0.2) is 24.3 Å². The van der Waals surface area contributed by atoms with Crippen molar-refractivity contribution in [1.82, 2.24) is 0 Å². The first-order valence-electron chi connectivity index (χ1n) is 5.36. The van der Waals surface area contributed by atoms with Gasteiger partial charge in [0.2, 0.25) is 0 Å². The van der Waals surface area contributed by atoms with Crippen LogP contribution in [0.3, 0.4) is 0 Å². The highest BCUT2D eigenvalue weighted by Crippen LogP contribution is 2.27. The standard InChI is InChI=1S/C12H16FNO/c13-11-3-1-9(2-4-11)12(14)10-5-7-15-8-6-10/h1-4,10,12H,5-8,14H2/t12-/m1/s1. The molecule has 1 saturated heterocycles. The van der Waals surface area contributed by atoms with Crippen LogP contribution < -0.4 is 5.73 Å². The molecule has 0 aliphatic carbocycles. The molecule has 1 aliphatic rings. The van der Waals surface area contributed by atoms with Crippen molar-refractivity contribution in [2.75, 3.05) is 13.2 Å². The van der Waals surface area contributed by atoms with E-state index in [-0.39, 0.29) is 11.9 Å². The smallest absolute Gasteiger partial charge is 0.123 e. The van der Waals surface area contributed by atoms with Gasteiger partial charge < -0.3 is 10.5 Å². The Bertz CT molecular complexity index is 306. The van der Waals surface area contributed by atoms with Crippen LogP contribution in [0.4, 0.5) is 4.39 Å². The first kappa shape index (κ1) is 10.6. The van der Waals surface area contributed by atoms with Gasteiger partial charge in [-0.2, -0.15) is 0 Å². The van der Waals surface area contributed by atoms with Crippen LogP contribution in [0.2, 0.25) is 0 Å². The molecule has 0 amide bonds. The minimum absolute atomic E-state index is 0.00880. The molecule has 3 heteroatoms. The van der Waals surface area contributed by atoms with Crippen molar-refractivity contribution in [3.63, 3.8) is 0 Å². The SMILES string of the molecule is N[C@H](c1ccc(F)cc1)C1CCOCC1. The lowest BCUT2D eigenvalue weighted by molar-refractivity contribution is 0.0584. The number of hydrogen-bond acceptors (Lipinski definition) is 2. The Hall–Kier alpha value is -0.930. The largest absolute Gasteiger partial charge is 0.381 e. The average Bonchev–Trinajstić information content (AvgIpc) is 2.30.